The molecule has 1 saturated heterocycles. The third kappa shape index (κ3) is 3.36. The molecule has 6 aliphatic rings. The Balaban J connectivity index is 1.21. The average molecular weight is 488 g/mol. The Morgan fingerprint density at radius 1 is 1.06 bits per heavy atom. The van der Waals surface area contributed by atoms with Gasteiger partial charge in [0.2, 0.25) is 5.91 Å². The minimum Gasteiger partial charge on any atom is -0.363 e. The lowest BCUT2D eigenvalue weighted by atomic mass is 9.44. The highest BCUT2D eigenvalue weighted by atomic mass is 32.2. The first-order chi connectivity index (χ1) is 16.2. The van der Waals surface area contributed by atoms with Crippen LogP contribution in [-0.4, -0.2) is 52.7 Å². The molecule has 5 nitrogen and oxygen atoms in total. The number of carbonyl (C=O) groups excluding carboxylic acids is 1. The molecule has 190 valence electrons. The zero-order valence-electron chi connectivity index (χ0n) is 21.8. The number of nitrogens with zero attached hydrogens (tertiary/aromatic N) is 2. The zero-order chi connectivity index (χ0) is 23.8. The van der Waals surface area contributed by atoms with Crippen molar-refractivity contribution in [2.45, 2.75) is 103 Å². The van der Waals surface area contributed by atoms with Gasteiger partial charge >= 0.3 is 0 Å². The van der Waals surface area contributed by atoms with Crippen molar-refractivity contribution in [1.82, 2.24) is 10.2 Å². The number of hydrogen-bond acceptors (Lipinski definition) is 5. The van der Waals surface area contributed by atoms with E-state index in [0.717, 1.165) is 54.9 Å². The molecule has 2 heterocycles. The number of thioether (sulfide) groups is 1. The topological polar surface area (TPSA) is 53.9 Å². The van der Waals surface area contributed by atoms with E-state index < -0.39 is 5.72 Å². The van der Waals surface area contributed by atoms with Gasteiger partial charge in [-0.2, -0.15) is 0 Å². The average Bonchev–Trinajstić information content (AvgIpc) is 3.49. The molecule has 0 unspecified atom stereocenters. The number of carbonyl (C=O) groups is 1. The lowest BCUT2D eigenvalue weighted by Gasteiger charge is -2.61. The SMILES string of the molecule is CC1(C)O[C@]2(CC[C@H]3[C@@H]4CC[C@H]5CCCC[C@]5(C)[C@H]4CC[C@@]32C)CN1C(=O)CSC1=NCCN1. The van der Waals surface area contributed by atoms with Crippen LogP contribution in [-0.2, 0) is 9.53 Å². The largest absolute Gasteiger partial charge is 0.363 e. The number of aliphatic imine (C=N–C) groups is 1. The van der Waals surface area contributed by atoms with Gasteiger partial charge in [0.15, 0.2) is 5.17 Å². The molecule has 0 aromatic carbocycles. The van der Waals surface area contributed by atoms with Crippen molar-refractivity contribution < 1.29 is 9.53 Å². The molecule has 1 N–H and O–H groups in total. The third-order valence-electron chi connectivity index (χ3n) is 11.7. The van der Waals surface area contributed by atoms with Gasteiger partial charge in [-0.15, -0.1) is 0 Å². The van der Waals surface area contributed by atoms with Crippen LogP contribution in [0.5, 0.6) is 0 Å². The van der Waals surface area contributed by atoms with Gasteiger partial charge in [-0.05, 0) is 94.3 Å². The van der Waals surface area contributed by atoms with Crippen molar-refractivity contribution in [2.75, 3.05) is 25.4 Å². The van der Waals surface area contributed by atoms with E-state index in [0.29, 0.717) is 11.2 Å². The summed E-state index contributed by atoms with van der Waals surface area (Å²) in [6.45, 7) is 11.9. The minimum absolute atomic E-state index is 0.181. The molecule has 34 heavy (non-hydrogen) atoms. The summed E-state index contributed by atoms with van der Waals surface area (Å²) in [4.78, 5) is 19.9. The standard InChI is InChI=1S/C28H45N3O2S/c1-25(2)31(23(32)17-34-24-29-15-16-30-24)18-28(33-25)14-11-22-20-9-8-19-7-5-6-12-26(19,3)21(20)10-13-27(22,28)4/h19-22H,5-18H2,1-4H3,(H,29,30)/t19-,20-,21+,22+,26+,27+,28-/m1/s1. The second kappa shape index (κ2) is 8.13. The molecular formula is C28H45N3O2S. The number of hydrogen-bond donors (Lipinski definition) is 1. The monoisotopic (exact) mass is 487 g/mol. The first-order valence-electron chi connectivity index (χ1n) is 14.1. The zero-order valence-corrected chi connectivity index (χ0v) is 22.6. The molecule has 1 spiro atoms. The molecule has 0 bridgehead atoms. The highest BCUT2D eigenvalue weighted by Crippen LogP contribution is 2.70. The van der Waals surface area contributed by atoms with Crippen LogP contribution < -0.4 is 5.32 Å². The number of nitrogens with one attached hydrogen (secondary N) is 1. The molecule has 1 amide bonds. The van der Waals surface area contributed by atoms with Crippen LogP contribution in [0.25, 0.3) is 0 Å². The number of rotatable bonds is 2. The van der Waals surface area contributed by atoms with Crippen LogP contribution in [0.15, 0.2) is 4.99 Å². The van der Waals surface area contributed by atoms with Crippen LogP contribution in [0.4, 0.5) is 0 Å². The molecule has 5 fully saturated rings. The van der Waals surface area contributed by atoms with Gasteiger partial charge < -0.3 is 15.0 Å². The molecule has 4 saturated carbocycles. The molecule has 7 atom stereocenters. The molecule has 6 rings (SSSR count). The van der Waals surface area contributed by atoms with Crippen molar-refractivity contribution in [3.05, 3.63) is 0 Å². The maximum absolute atomic E-state index is 13.4. The van der Waals surface area contributed by atoms with Gasteiger partial charge in [0.25, 0.3) is 0 Å². The number of fused-ring (bicyclic) bond motifs is 6. The van der Waals surface area contributed by atoms with Crippen molar-refractivity contribution in [3.8, 4) is 0 Å². The number of amidine groups is 1. The maximum atomic E-state index is 13.4. The fourth-order valence-electron chi connectivity index (χ4n) is 9.90. The van der Waals surface area contributed by atoms with E-state index in [4.69, 9.17) is 4.74 Å². The Kier molecular flexibility index (Phi) is 5.65. The third-order valence-corrected chi connectivity index (χ3v) is 12.6. The summed E-state index contributed by atoms with van der Waals surface area (Å²) in [5.41, 5.74) is 0.0388. The van der Waals surface area contributed by atoms with Crippen molar-refractivity contribution in [1.29, 1.82) is 0 Å². The van der Waals surface area contributed by atoms with Gasteiger partial charge in [-0.1, -0.05) is 38.5 Å². The van der Waals surface area contributed by atoms with Crippen LogP contribution in [0.3, 0.4) is 0 Å². The smallest absolute Gasteiger partial charge is 0.235 e. The quantitative estimate of drug-likeness (QED) is 0.563. The Labute approximate surface area is 210 Å². The highest BCUT2D eigenvalue weighted by molar-refractivity contribution is 8.14. The lowest BCUT2D eigenvalue weighted by molar-refractivity contribution is -0.188. The first-order valence-corrected chi connectivity index (χ1v) is 15.1. The Morgan fingerprint density at radius 2 is 1.88 bits per heavy atom. The number of amides is 1. The Morgan fingerprint density at radius 3 is 2.68 bits per heavy atom. The van der Waals surface area contributed by atoms with E-state index in [2.05, 4.69) is 42.9 Å². The van der Waals surface area contributed by atoms with E-state index in [-0.39, 0.29) is 16.9 Å². The van der Waals surface area contributed by atoms with Crippen LogP contribution in [0.2, 0.25) is 0 Å². The summed E-state index contributed by atoms with van der Waals surface area (Å²) in [7, 11) is 0. The molecule has 2 aliphatic heterocycles. The van der Waals surface area contributed by atoms with E-state index >= 15 is 0 Å². The van der Waals surface area contributed by atoms with E-state index in [9.17, 15) is 4.79 Å². The van der Waals surface area contributed by atoms with Gasteiger partial charge in [-0.3, -0.25) is 9.79 Å². The molecule has 0 aromatic heterocycles. The Bertz CT molecular complexity index is 876. The van der Waals surface area contributed by atoms with E-state index in [1.54, 1.807) is 11.8 Å². The number of ether oxygens (including phenoxy) is 1. The fourth-order valence-corrected chi connectivity index (χ4v) is 10.7. The summed E-state index contributed by atoms with van der Waals surface area (Å²) in [6.07, 6.45) is 13.7. The fraction of sp³-hybridized carbons (Fsp3) is 0.929. The predicted molar refractivity (Wildman–Crippen MR) is 139 cm³/mol. The second-order valence-electron chi connectivity index (χ2n) is 13.3. The van der Waals surface area contributed by atoms with Gasteiger partial charge in [-0.25, -0.2) is 0 Å². The minimum atomic E-state index is -0.537. The molecule has 0 radical (unpaired) electrons. The molecule has 4 aliphatic carbocycles. The van der Waals surface area contributed by atoms with Gasteiger partial charge in [0, 0.05) is 12.0 Å². The normalized spacial score (nSPS) is 47.1. The summed E-state index contributed by atoms with van der Waals surface area (Å²) in [5.74, 6) is 4.12. The Hall–Kier alpha value is -0.750. The van der Waals surface area contributed by atoms with Crippen molar-refractivity contribution in [3.63, 3.8) is 0 Å². The van der Waals surface area contributed by atoms with Gasteiger partial charge in [0.1, 0.15) is 5.72 Å². The van der Waals surface area contributed by atoms with E-state index in [1.165, 1.54) is 57.8 Å². The van der Waals surface area contributed by atoms with Crippen LogP contribution in [0.1, 0.15) is 91.9 Å². The van der Waals surface area contributed by atoms with Crippen LogP contribution in [0, 0.1) is 34.5 Å². The second-order valence-corrected chi connectivity index (χ2v) is 14.3. The maximum Gasteiger partial charge on any atom is 0.235 e. The molecule has 6 heteroatoms. The summed E-state index contributed by atoms with van der Waals surface area (Å²) < 4.78 is 7.04. The summed E-state index contributed by atoms with van der Waals surface area (Å²) in [5, 5.41) is 4.19. The van der Waals surface area contributed by atoms with Crippen molar-refractivity contribution >= 4 is 22.8 Å². The first kappa shape index (κ1) is 23.6. The predicted octanol–water partition coefficient (Wildman–Crippen LogP) is 5.45. The molecular weight excluding hydrogens is 442 g/mol. The summed E-state index contributed by atoms with van der Waals surface area (Å²) >= 11 is 1.55. The van der Waals surface area contributed by atoms with Gasteiger partial charge in [0.05, 0.1) is 24.4 Å². The van der Waals surface area contributed by atoms with Crippen molar-refractivity contribution in [2.24, 2.45) is 39.5 Å². The van der Waals surface area contributed by atoms with E-state index in [1.807, 2.05) is 0 Å². The highest BCUT2D eigenvalue weighted by Gasteiger charge is 2.69. The van der Waals surface area contributed by atoms with Crippen LogP contribution >= 0.6 is 11.8 Å². The lowest BCUT2D eigenvalue weighted by Crippen LogP contribution is -2.57. The summed E-state index contributed by atoms with van der Waals surface area (Å²) in [6, 6.07) is 0. The molecule has 0 aromatic rings.